The summed E-state index contributed by atoms with van der Waals surface area (Å²) in [4.78, 5) is 22.2. The van der Waals surface area contributed by atoms with E-state index in [1.807, 2.05) is 0 Å². The highest BCUT2D eigenvalue weighted by Gasteiger charge is 2.03. The number of unbranched alkanes of at least 4 members (excludes halogenated alkanes) is 4. The molecule has 0 unspecified atom stereocenters. The molecule has 0 spiro atoms. The van der Waals surface area contributed by atoms with Crippen molar-refractivity contribution in [3.8, 4) is 0 Å². The predicted octanol–water partition coefficient (Wildman–Crippen LogP) is 3.26. The first-order valence-corrected chi connectivity index (χ1v) is 6.29. The van der Waals surface area contributed by atoms with E-state index >= 15 is 0 Å². The molecule has 0 heterocycles. The number of Topliss-reactive ketones (excluding diaryl/α,β-unsaturated/α-hetero) is 1. The Bertz CT molecular complexity index is 199. The highest BCUT2D eigenvalue weighted by molar-refractivity contribution is 5.78. The Kier molecular flexibility index (Phi) is 10.1. The molecule has 16 heavy (non-hydrogen) atoms. The van der Waals surface area contributed by atoms with Crippen LogP contribution in [-0.4, -0.2) is 18.9 Å². The Morgan fingerprint density at radius 1 is 0.875 bits per heavy atom. The summed E-state index contributed by atoms with van der Waals surface area (Å²) < 4.78 is 4.53. The molecule has 94 valence electrons. The maximum Gasteiger partial charge on any atom is 0.305 e. The van der Waals surface area contributed by atoms with Crippen LogP contribution in [0.15, 0.2) is 0 Å². The molecule has 0 aromatic carbocycles. The van der Waals surface area contributed by atoms with Gasteiger partial charge in [-0.3, -0.25) is 9.59 Å². The van der Waals surface area contributed by atoms with Crippen LogP contribution in [0.2, 0.25) is 0 Å². The zero-order valence-corrected chi connectivity index (χ0v) is 10.6. The van der Waals surface area contributed by atoms with Crippen molar-refractivity contribution < 1.29 is 14.3 Å². The van der Waals surface area contributed by atoms with Crippen LogP contribution in [0.25, 0.3) is 0 Å². The number of hydrogen-bond donors (Lipinski definition) is 0. The first-order valence-electron chi connectivity index (χ1n) is 6.29. The summed E-state index contributed by atoms with van der Waals surface area (Å²) in [6.07, 6.45) is 7.91. The van der Waals surface area contributed by atoms with E-state index in [0.29, 0.717) is 25.0 Å². The topological polar surface area (TPSA) is 43.4 Å². The standard InChI is InChI=1S/C13H24O3/c1-3-4-5-6-9-12(14)10-7-8-11-13(15)16-2/h3-11H2,1-2H3. The smallest absolute Gasteiger partial charge is 0.305 e. The molecule has 3 heteroatoms. The number of methoxy groups -OCH3 is 1. The van der Waals surface area contributed by atoms with E-state index in [0.717, 1.165) is 25.7 Å². The molecule has 0 amide bonds. The van der Waals surface area contributed by atoms with Crippen LogP contribution in [0.5, 0.6) is 0 Å². The molecular weight excluding hydrogens is 204 g/mol. The summed E-state index contributed by atoms with van der Waals surface area (Å²) >= 11 is 0. The summed E-state index contributed by atoms with van der Waals surface area (Å²) in [6, 6.07) is 0. The predicted molar refractivity (Wildman–Crippen MR) is 64.3 cm³/mol. The molecule has 0 aromatic rings. The molecule has 0 aliphatic rings. The van der Waals surface area contributed by atoms with E-state index in [1.165, 1.54) is 20.0 Å². The van der Waals surface area contributed by atoms with Crippen LogP contribution in [0.3, 0.4) is 0 Å². The lowest BCUT2D eigenvalue weighted by molar-refractivity contribution is -0.140. The van der Waals surface area contributed by atoms with Crippen molar-refractivity contribution >= 4 is 11.8 Å². The fourth-order valence-electron chi connectivity index (χ4n) is 1.57. The van der Waals surface area contributed by atoms with Crippen LogP contribution in [-0.2, 0) is 14.3 Å². The van der Waals surface area contributed by atoms with Gasteiger partial charge in [0.2, 0.25) is 0 Å². The van der Waals surface area contributed by atoms with Crippen molar-refractivity contribution in [1.29, 1.82) is 0 Å². The van der Waals surface area contributed by atoms with Crippen molar-refractivity contribution in [2.24, 2.45) is 0 Å². The van der Waals surface area contributed by atoms with Gasteiger partial charge in [-0.05, 0) is 19.3 Å². The molecule has 0 bridgehead atoms. The second kappa shape index (κ2) is 10.7. The maximum absolute atomic E-state index is 11.4. The Hall–Kier alpha value is -0.860. The number of hydrogen-bond acceptors (Lipinski definition) is 3. The minimum absolute atomic E-state index is 0.185. The van der Waals surface area contributed by atoms with Crippen LogP contribution in [0.1, 0.15) is 64.7 Å². The van der Waals surface area contributed by atoms with Crippen LogP contribution >= 0.6 is 0 Å². The van der Waals surface area contributed by atoms with Crippen LogP contribution in [0, 0.1) is 0 Å². The van der Waals surface area contributed by atoms with Crippen molar-refractivity contribution in [2.75, 3.05) is 7.11 Å². The maximum atomic E-state index is 11.4. The van der Waals surface area contributed by atoms with Gasteiger partial charge in [0.1, 0.15) is 5.78 Å². The second-order valence-electron chi connectivity index (χ2n) is 4.13. The zero-order chi connectivity index (χ0) is 12.2. The summed E-state index contributed by atoms with van der Waals surface area (Å²) in [7, 11) is 1.39. The zero-order valence-electron chi connectivity index (χ0n) is 10.6. The van der Waals surface area contributed by atoms with Crippen LogP contribution < -0.4 is 0 Å². The Morgan fingerprint density at radius 3 is 2.00 bits per heavy atom. The third kappa shape index (κ3) is 9.69. The molecule has 3 nitrogen and oxygen atoms in total. The molecule has 0 rings (SSSR count). The molecule has 0 aliphatic heterocycles. The van der Waals surface area contributed by atoms with E-state index in [1.54, 1.807) is 0 Å². The molecular formula is C13H24O3. The average molecular weight is 228 g/mol. The first-order chi connectivity index (χ1) is 7.70. The normalized spacial score (nSPS) is 10.1. The fraction of sp³-hybridized carbons (Fsp3) is 0.846. The van der Waals surface area contributed by atoms with Gasteiger partial charge >= 0.3 is 5.97 Å². The van der Waals surface area contributed by atoms with E-state index in [4.69, 9.17) is 0 Å². The minimum Gasteiger partial charge on any atom is -0.469 e. The number of carbonyl (C=O) groups is 2. The highest BCUT2D eigenvalue weighted by Crippen LogP contribution is 2.08. The number of ether oxygens (including phenoxy) is 1. The van der Waals surface area contributed by atoms with Crippen LogP contribution in [0.4, 0.5) is 0 Å². The van der Waals surface area contributed by atoms with Crippen molar-refractivity contribution in [3.05, 3.63) is 0 Å². The molecule has 0 aromatic heterocycles. The molecule has 0 atom stereocenters. The summed E-state index contributed by atoms with van der Waals surface area (Å²) in [5.41, 5.74) is 0. The van der Waals surface area contributed by atoms with E-state index in [-0.39, 0.29) is 5.97 Å². The molecule has 0 aliphatic carbocycles. The van der Waals surface area contributed by atoms with E-state index in [9.17, 15) is 9.59 Å². The van der Waals surface area contributed by atoms with Gasteiger partial charge in [-0.1, -0.05) is 26.2 Å². The van der Waals surface area contributed by atoms with Gasteiger partial charge in [0.15, 0.2) is 0 Å². The van der Waals surface area contributed by atoms with E-state index in [2.05, 4.69) is 11.7 Å². The lowest BCUT2D eigenvalue weighted by Crippen LogP contribution is -2.01. The number of esters is 1. The van der Waals surface area contributed by atoms with Gasteiger partial charge in [-0.15, -0.1) is 0 Å². The number of rotatable bonds is 10. The van der Waals surface area contributed by atoms with Crippen molar-refractivity contribution in [2.45, 2.75) is 64.7 Å². The Morgan fingerprint density at radius 2 is 1.44 bits per heavy atom. The molecule has 0 saturated carbocycles. The molecule has 0 N–H and O–H groups in total. The molecule has 0 radical (unpaired) electrons. The van der Waals surface area contributed by atoms with Gasteiger partial charge in [0.05, 0.1) is 7.11 Å². The third-order valence-corrected chi connectivity index (χ3v) is 2.62. The summed E-state index contributed by atoms with van der Waals surface area (Å²) in [6.45, 7) is 2.16. The Balaban J connectivity index is 3.27. The van der Waals surface area contributed by atoms with Crippen molar-refractivity contribution in [1.82, 2.24) is 0 Å². The summed E-state index contributed by atoms with van der Waals surface area (Å²) in [5, 5.41) is 0. The number of ketones is 1. The molecule has 0 fully saturated rings. The SMILES string of the molecule is CCCCCCC(=O)CCCCC(=O)OC. The van der Waals surface area contributed by atoms with Gasteiger partial charge in [0.25, 0.3) is 0 Å². The molecule has 0 saturated heterocycles. The monoisotopic (exact) mass is 228 g/mol. The highest BCUT2D eigenvalue weighted by atomic mass is 16.5. The second-order valence-corrected chi connectivity index (χ2v) is 4.13. The van der Waals surface area contributed by atoms with Gasteiger partial charge in [-0.2, -0.15) is 0 Å². The third-order valence-electron chi connectivity index (χ3n) is 2.62. The Labute approximate surface area is 98.6 Å². The average Bonchev–Trinajstić information content (AvgIpc) is 2.30. The minimum atomic E-state index is -0.185. The lowest BCUT2D eigenvalue weighted by Gasteiger charge is -2.01. The summed E-state index contributed by atoms with van der Waals surface area (Å²) in [5.74, 6) is 0.149. The lowest BCUT2D eigenvalue weighted by atomic mass is 10.1. The number of carbonyl (C=O) groups excluding carboxylic acids is 2. The van der Waals surface area contributed by atoms with Gasteiger partial charge < -0.3 is 4.74 Å². The van der Waals surface area contributed by atoms with Gasteiger partial charge in [-0.25, -0.2) is 0 Å². The van der Waals surface area contributed by atoms with Gasteiger partial charge in [0, 0.05) is 19.3 Å². The largest absolute Gasteiger partial charge is 0.469 e. The van der Waals surface area contributed by atoms with Crippen molar-refractivity contribution in [3.63, 3.8) is 0 Å². The first kappa shape index (κ1) is 15.1. The van der Waals surface area contributed by atoms with E-state index < -0.39 is 0 Å². The quantitative estimate of drug-likeness (QED) is 0.426. The fourth-order valence-corrected chi connectivity index (χ4v) is 1.57.